The first-order valence-corrected chi connectivity index (χ1v) is 9.51. The number of rotatable bonds is 6. The molecule has 0 aliphatic carbocycles. The maximum Gasteiger partial charge on any atom is 0.240 e. The Morgan fingerprint density at radius 2 is 2.00 bits per heavy atom. The van der Waals surface area contributed by atoms with Crippen LogP contribution in [0.15, 0.2) is 58.7 Å². The van der Waals surface area contributed by atoms with E-state index >= 15 is 0 Å². The van der Waals surface area contributed by atoms with Crippen LogP contribution in [0.25, 0.3) is 0 Å². The predicted molar refractivity (Wildman–Crippen MR) is 112 cm³/mol. The highest BCUT2D eigenvalue weighted by Gasteiger charge is 2.32. The highest BCUT2D eigenvalue weighted by Crippen LogP contribution is 2.23. The number of amidine groups is 1. The molecule has 1 fully saturated rings. The van der Waals surface area contributed by atoms with E-state index in [4.69, 9.17) is 4.74 Å². The van der Waals surface area contributed by atoms with Gasteiger partial charge in [-0.2, -0.15) is 5.10 Å². The molecule has 2 N–H and O–H groups in total. The Hall–Kier alpha value is -3.13. The Balaban J connectivity index is 1.57. The Bertz CT molecular complexity index is 925. The molecule has 0 radical (unpaired) electrons. The third kappa shape index (κ3) is 5.20. The number of anilines is 1. The van der Waals surface area contributed by atoms with Gasteiger partial charge in [-0.3, -0.25) is 9.59 Å². The predicted octanol–water partition coefficient (Wildman–Crippen LogP) is 2.95. The first-order chi connectivity index (χ1) is 13.5. The second-order valence-electron chi connectivity index (χ2n) is 6.11. The van der Waals surface area contributed by atoms with Gasteiger partial charge in [0.25, 0.3) is 0 Å². The molecule has 1 atom stereocenters. The number of para-hydroxylation sites is 1. The lowest BCUT2D eigenvalue weighted by molar-refractivity contribution is -0.122. The van der Waals surface area contributed by atoms with Crippen molar-refractivity contribution in [1.82, 2.24) is 5.32 Å². The smallest absolute Gasteiger partial charge is 0.240 e. The summed E-state index contributed by atoms with van der Waals surface area (Å²) in [6.45, 7) is 1.97. The Kier molecular flexibility index (Phi) is 6.44. The van der Waals surface area contributed by atoms with Crippen LogP contribution in [-0.2, 0) is 9.59 Å². The molecule has 1 unspecified atom stereocenters. The molecule has 1 saturated heterocycles. The first kappa shape index (κ1) is 19.6. The lowest BCUT2D eigenvalue weighted by Crippen LogP contribution is -2.28. The Labute approximate surface area is 167 Å². The molecule has 3 rings (SSSR count). The number of methoxy groups -OCH3 is 1. The second kappa shape index (κ2) is 9.18. The van der Waals surface area contributed by atoms with Gasteiger partial charge in [-0.1, -0.05) is 41.6 Å². The standard InChI is InChI=1S/C20H20N4O3S/c1-13-7-9-15(10-8-13)22-18(25)11-17-19(26)23-20(28-17)24-21-12-14-5-3-4-6-16(14)27-2/h3-10,12,17H,11H2,1-2H3,(H,22,25)(H,23,24,26). The van der Waals surface area contributed by atoms with E-state index in [9.17, 15) is 9.59 Å². The number of ether oxygens (including phenoxy) is 1. The number of aryl methyl sites for hydroxylation is 1. The van der Waals surface area contributed by atoms with Crippen LogP contribution in [0.2, 0.25) is 0 Å². The van der Waals surface area contributed by atoms with Gasteiger partial charge in [0, 0.05) is 17.7 Å². The quantitative estimate of drug-likeness (QED) is 0.580. The Morgan fingerprint density at radius 3 is 2.75 bits per heavy atom. The SMILES string of the molecule is COc1ccccc1C=N/N=C1/NC(=O)C(CC(=O)Nc2ccc(C)cc2)S1. The van der Waals surface area contributed by atoms with Crippen molar-refractivity contribution < 1.29 is 14.3 Å². The number of hydrogen-bond acceptors (Lipinski definition) is 6. The number of hydrogen-bond donors (Lipinski definition) is 2. The maximum absolute atomic E-state index is 12.2. The average molecular weight is 396 g/mol. The molecule has 1 aliphatic rings. The fourth-order valence-corrected chi connectivity index (χ4v) is 3.44. The van der Waals surface area contributed by atoms with Crippen LogP contribution in [-0.4, -0.2) is 35.6 Å². The summed E-state index contributed by atoms with van der Waals surface area (Å²) in [5, 5.41) is 13.3. The monoisotopic (exact) mass is 396 g/mol. The minimum absolute atomic E-state index is 0.0552. The minimum Gasteiger partial charge on any atom is -0.496 e. The average Bonchev–Trinajstić information content (AvgIpc) is 3.03. The number of benzene rings is 2. The first-order valence-electron chi connectivity index (χ1n) is 8.63. The molecule has 0 spiro atoms. The van der Waals surface area contributed by atoms with Gasteiger partial charge in [0.05, 0.1) is 13.3 Å². The minimum atomic E-state index is -0.536. The topological polar surface area (TPSA) is 92.2 Å². The maximum atomic E-state index is 12.2. The van der Waals surface area contributed by atoms with Gasteiger partial charge in [-0.25, -0.2) is 0 Å². The van der Waals surface area contributed by atoms with Crippen molar-refractivity contribution in [2.24, 2.45) is 10.2 Å². The zero-order valence-electron chi connectivity index (χ0n) is 15.5. The summed E-state index contributed by atoms with van der Waals surface area (Å²) < 4.78 is 5.24. The van der Waals surface area contributed by atoms with Crippen LogP contribution in [0, 0.1) is 6.92 Å². The van der Waals surface area contributed by atoms with Gasteiger partial charge in [0.15, 0.2) is 5.17 Å². The van der Waals surface area contributed by atoms with Crippen molar-refractivity contribution in [3.63, 3.8) is 0 Å². The number of nitrogens with one attached hydrogen (secondary N) is 2. The van der Waals surface area contributed by atoms with Gasteiger partial charge in [0.2, 0.25) is 11.8 Å². The van der Waals surface area contributed by atoms with Gasteiger partial charge in [-0.05, 0) is 31.2 Å². The summed E-state index contributed by atoms with van der Waals surface area (Å²) in [6.07, 6.45) is 1.61. The molecule has 2 aromatic carbocycles. The van der Waals surface area contributed by atoms with Gasteiger partial charge in [-0.15, -0.1) is 5.10 Å². The van der Waals surface area contributed by atoms with Crippen molar-refractivity contribution in [3.8, 4) is 5.75 Å². The molecule has 28 heavy (non-hydrogen) atoms. The summed E-state index contributed by atoms with van der Waals surface area (Å²) in [4.78, 5) is 24.3. The molecule has 2 aromatic rings. The third-order valence-electron chi connectivity index (χ3n) is 3.97. The van der Waals surface area contributed by atoms with Gasteiger partial charge >= 0.3 is 0 Å². The molecule has 2 amide bonds. The van der Waals surface area contributed by atoms with E-state index in [-0.39, 0.29) is 18.2 Å². The molecule has 1 heterocycles. The summed E-state index contributed by atoms with van der Waals surface area (Å²) in [6, 6.07) is 14.9. The van der Waals surface area contributed by atoms with E-state index in [2.05, 4.69) is 20.8 Å². The van der Waals surface area contributed by atoms with Crippen LogP contribution >= 0.6 is 11.8 Å². The number of thioether (sulfide) groups is 1. The van der Waals surface area contributed by atoms with E-state index in [1.807, 2.05) is 55.5 Å². The molecule has 8 heteroatoms. The second-order valence-corrected chi connectivity index (χ2v) is 7.30. The lowest BCUT2D eigenvalue weighted by Gasteiger charge is -2.07. The van der Waals surface area contributed by atoms with E-state index in [0.717, 1.165) is 11.1 Å². The molecule has 144 valence electrons. The number of carbonyl (C=O) groups is 2. The molecule has 1 aliphatic heterocycles. The number of amides is 2. The van der Waals surface area contributed by atoms with E-state index in [1.54, 1.807) is 13.3 Å². The fraction of sp³-hybridized carbons (Fsp3) is 0.200. The number of carbonyl (C=O) groups excluding carboxylic acids is 2. The Morgan fingerprint density at radius 1 is 1.25 bits per heavy atom. The molecule has 7 nitrogen and oxygen atoms in total. The zero-order valence-corrected chi connectivity index (χ0v) is 16.3. The molecule has 0 aromatic heterocycles. The zero-order chi connectivity index (χ0) is 19.9. The van der Waals surface area contributed by atoms with Crippen molar-refractivity contribution in [1.29, 1.82) is 0 Å². The summed E-state index contributed by atoms with van der Waals surface area (Å²) in [5.41, 5.74) is 2.59. The third-order valence-corrected chi connectivity index (χ3v) is 5.04. The summed E-state index contributed by atoms with van der Waals surface area (Å²) in [7, 11) is 1.58. The highest BCUT2D eigenvalue weighted by molar-refractivity contribution is 8.15. The molecular weight excluding hydrogens is 376 g/mol. The summed E-state index contributed by atoms with van der Waals surface area (Å²) in [5.74, 6) is 0.200. The molecule has 0 bridgehead atoms. The fourth-order valence-electron chi connectivity index (χ4n) is 2.52. The van der Waals surface area contributed by atoms with Gasteiger partial charge < -0.3 is 15.4 Å². The largest absolute Gasteiger partial charge is 0.496 e. The number of nitrogens with zero attached hydrogens (tertiary/aromatic N) is 2. The van der Waals surface area contributed by atoms with Crippen LogP contribution in [0.3, 0.4) is 0 Å². The normalized spacial score (nSPS) is 17.7. The van der Waals surface area contributed by atoms with Crippen LogP contribution < -0.4 is 15.4 Å². The molecular formula is C20H20N4O3S. The van der Waals surface area contributed by atoms with E-state index in [1.165, 1.54) is 11.8 Å². The van der Waals surface area contributed by atoms with Crippen molar-refractivity contribution >= 4 is 40.6 Å². The van der Waals surface area contributed by atoms with E-state index < -0.39 is 5.25 Å². The lowest BCUT2D eigenvalue weighted by atomic mass is 10.2. The van der Waals surface area contributed by atoms with E-state index in [0.29, 0.717) is 16.6 Å². The van der Waals surface area contributed by atoms with Crippen LogP contribution in [0.5, 0.6) is 5.75 Å². The summed E-state index contributed by atoms with van der Waals surface area (Å²) >= 11 is 1.19. The van der Waals surface area contributed by atoms with Gasteiger partial charge in [0.1, 0.15) is 11.0 Å². The molecule has 0 saturated carbocycles. The van der Waals surface area contributed by atoms with Crippen molar-refractivity contribution in [3.05, 3.63) is 59.7 Å². The van der Waals surface area contributed by atoms with Crippen LogP contribution in [0.1, 0.15) is 17.5 Å². The van der Waals surface area contributed by atoms with Crippen LogP contribution in [0.4, 0.5) is 5.69 Å². The van der Waals surface area contributed by atoms with Crippen molar-refractivity contribution in [2.45, 2.75) is 18.6 Å². The highest BCUT2D eigenvalue weighted by atomic mass is 32.2. The van der Waals surface area contributed by atoms with Crippen molar-refractivity contribution in [2.75, 3.05) is 12.4 Å².